The molecule has 0 saturated carbocycles. The van der Waals surface area contributed by atoms with Gasteiger partial charge in [0.2, 0.25) is 0 Å². The highest BCUT2D eigenvalue weighted by Gasteiger charge is 2.14. The third kappa shape index (κ3) is 7.78. The first-order chi connectivity index (χ1) is 6.62. The third-order valence-electron chi connectivity index (χ3n) is 2.22. The molecule has 1 nitrogen and oxygen atoms in total. The standard InChI is InChI=1S/C13H22O/c1-4-5-6-7-8-9-10-11-13(2,3)12-14/h4,7-8,12H,1,5-6,9-11H2,2-3H3/b8-7+. The van der Waals surface area contributed by atoms with Gasteiger partial charge in [-0.1, -0.05) is 32.1 Å². The lowest BCUT2D eigenvalue weighted by molar-refractivity contribution is -0.115. The van der Waals surface area contributed by atoms with Crippen LogP contribution in [0.1, 0.15) is 46.0 Å². The molecule has 0 aromatic rings. The second-order valence-electron chi connectivity index (χ2n) is 4.34. The minimum atomic E-state index is -0.144. The normalized spacial score (nSPS) is 11.9. The zero-order valence-electron chi connectivity index (χ0n) is 9.46. The van der Waals surface area contributed by atoms with Gasteiger partial charge in [0.1, 0.15) is 6.29 Å². The van der Waals surface area contributed by atoms with Crippen molar-refractivity contribution in [3.8, 4) is 0 Å². The average Bonchev–Trinajstić information content (AvgIpc) is 2.16. The van der Waals surface area contributed by atoms with Gasteiger partial charge in [-0.25, -0.2) is 0 Å². The van der Waals surface area contributed by atoms with Crippen molar-refractivity contribution in [2.24, 2.45) is 5.41 Å². The van der Waals surface area contributed by atoms with Gasteiger partial charge >= 0.3 is 0 Å². The highest BCUT2D eigenvalue weighted by molar-refractivity contribution is 5.57. The lowest BCUT2D eigenvalue weighted by atomic mass is 9.89. The van der Waals surface area contributed by atoms with Crippen molar-refractivity contribution in [2.45, 2.75) is 46.0 Å². The molecule has 0 aliphatic heterocycles. The summed E-state index contributed by atoms with van der Waals surface area (Å²) in [5.41, 5.74) is -0.144. The first-order valence-electron chi connectivity index (χ1n) is 5.34. The summed E-state index contributed by atoms with van der Waals surface area (Å²) in [6.45, 7) is 7.64. The number of hydrogen-bond donors (Lipinski definition) is 0. The van der Waals surface area contributed by atoms with Crippen LogP contribution < -0.4 is 0 Å². The summed E-state index contributed by atoms with van der Waals surface area (Å²) in [5, 5.41) is 0. The Labute approximate surface area is 87.9 Å². The third-order valence-corrected chi connectivity index (χ3v) is 2.22. The number of allylic oxidation sites excluding steroid dienone is 3. The Bertz CT molecular complexity index is 189. The van der Waals surface area contributed by atoms with Crippen molar-refractivity contribution in [3.05, 3.63) is 24.8 Å². The smallest absolute Gasteiger partial charge is 0.125 e. The minimum Gasteiger partial charge on any atom is -0.303 e. The molecular weight excluding hydrogens is 172 g/mol. The van der Waals surface area contributed by atoms with Gasteiger partial charge in [0, 0.05) is 5.41 Å². The van der Waals surface area contributed by atoms with Gasteiger partial charge in [-0.2, -0.15) is 0 Å². The molecule has 0 aliphatic rings. The van der Waals surface area contributed by atoms with Crippen LogP contribution in [0.25, 0.3) is 0 Å². The maximum Gasteiger partial charge on any atom is 0.125 e. The first kappa shape index (κ1) is 13.2. The molecule has 0 radical (unpaired) electrons. The van der Waals surface area contributed by atoms with Crippen LogP contribution in [0.4, 0.5) is 0 Å². The molecule has 0 saturated heterocycles. The zero-order chi connectivity index (χ0) is 10.9. The Morgan fingerprint density at radius 3 is 2.36 bits per heavy atom. The van der Waals surface area contributed by atoms with Crippen LogP contribution in [-0.4, -0.2) is 6.29 Å². The Balaban J connectivity index is 3.41. The second kappa shape index (κ2) is 7.54. The van der Waals surface area contributed by atoms with E-state index in [-0.39, 0.29) is 5.41 Å². The first-order valence-corrected chi connectivity index (χ1v) is 5.34. The molecule has 0 amide bonds. The predicted octanol–water partition coefficient (Wildman–Crippen LogP) is 3.90. The Morgan fingerprint density at radius 2 is 1.79 bits per heavy atom. The van der Waals surface area contributed by atoms with Gasteiger partial charge in [-0.15, -0.1) is 6.58 Å². The fraction of sp³-hybridized carbons (Fsp3) is 0.615. The molecule has 0 N–H and O–H groups in total. The van der Waals surface area contributed by atoms with Gasteiger partial charge in [-0.05, 0) is 32.1 Å². The fourth-order valence-corrected chi connectivity index (χ4v) is 1.18. The van der Waals surface area contributed by atoms with E-state index >= 15 is 0 Å². The van der Waals surface area contributed by atoms with E-state index in [9.17, 15) is 4.79 Å². The van der Waals surface area contributed by atoms with Crippen LogP contribution in [0.3, 0.4) is 0 Å². The van der Waals surface area contributed by atoms with E-state index in [1.54, 1.807) is 0 Å². The molecular formula is C13H22O. The Morgan fingerprint density at radius 1 is 1.14 bits per heavy atom. The van der Waals surface area contributed by atoms with E-state index in [1.165, 1.54) is 0 Å². The lowest BCUT2D eigenvalue weighted by Gasteiger charge is -2.14. The summed E-state index contributed by atoms with van der Waals surface area (Å²) in [5.74, 6) is 0. The van der Waals surface area contributed by atoms with Crippen molar-refractivity contribution in [2.75, 3.05) is 0 Å². The van der Waals surface area contributed by atoms with Gasteiger partial charge in [0.15, 0.2) is 0 Å². The van der Waals surface area contributed by atoms with Crippen LogP contribution in [-0.2, 0) is 4.79 Å². The second-order valence-corrected chi connectivity index (χ2v) is 4.34. The molecule has 0 atom stereocenters. The molecule has 0 bridgehead atoms. The van der Waals surface area contributed by atoms with Crippen molar-refractivity contribution < 1.29 is 4.79 Å². The fourth-order valence-electron chi connectivity index (χ4n) is 1.18. The van der Waals surface area contributed by atoms with E-state index in [0.29, 0.717) is 0 Å². The van der Waals surface area contributed by atoms with E-state index in [1.807, 2.05) is 19.9 Å². The predicted molar refractivity (Wildman–Crippen MR) is 62.3 cm³/mol. The zero-order valence-corrected chi connectivity index (χ0v) is 9.46. The van der Waals surface area contributed by atoms with E-state index < -0.39 is 0 Å². The van der Waals surface area contributed by atoms with Crippen molar-refractivity contribution >= 4 is 6.29 Å². The molecule has 0 unspecified atom stereocenters. The van der Waals surface area contributed by atoms with Crippen LogP contribution in [0.15, 0.2) is 24.8 Å². The number of rotatable bonds is 8. The van der Waals surface area contributed by atoms with Gasteiger partial charge < -0.3 is 4.79 Å². The van der Waals surface area contributed by atoms with E-state index in [0.717, 1.165) is 38.4 Å². The molecule has 0 spiro atoms. The van der Waals surface area contributed by atoms with Gasteiger partial charge in [-0.3, -0.25) is 0 Å². The summed E-state index contributed by atoms with van der Waals surface area (Å²) < 4.78 is 0. The summed E-state index contributed by atoms with van der Waals surface area (Å²) >= 11 is 0. The molecule has 0 heterocycles. The number of unbranched alkanes of at least 4 members (excludes halogenated alkanes) is 2. The van der Waals surface area contributed by atoms with Crippen molar-refractivity contribution in [1.29, 1.82) is 0 Å². The topological polar surface area (TPSA) is 17.1 Å². The highest BCUT2D eigenvalue weighted by atomic mass is 16.1. The number of aldehydes is 1. The van der Waals surface area contributed by atoms with Crippen LogP contribution in [0.5, 0.6) is 0 Å². The van der Waals surface area contributed by atoms with Gasteiger partial charge in [0.25, 0.3) is 0 Å². The SMILES string of the molecule is C=CCC/C=C/CCCC(C)(C)C=O. The maximum atomic E-state index is 10.6. The summed E-state index contributed by atoms with van der Waals surface area (Å²) in [6.07, 6.45) is 12.7. The lowest BCUT2D eigenvalue weighted by Crippen LogP contribution is -2.11. The summed E-state index contributed by atoms with van der Waals surface area (Å²) in [6, 6.07) is 0. The largest absolute Gasteiger partial charge is 0.303 e. The Kier molecular flexibility index (Phi) is 7.09. The minimum absolute atomic E-state index is 0.144. The van der Waals surface area contributed by atoms with Crippen LogP contribution >= 0.6 is 0 Å². The molecule has 0 aromatic carbocycles. The van der Waals surface area contributed by atoms with Crippen LogP contribution in [0.2, 0.25) is 0 Å². The molecule has 0 aromatic heterocycles. The molecule has 1 heteroatoms. The Hall–Kier alpha value is -0.850. The molecule has 80 valence electrons. The summed E-state index contributed by atoms with van der Waals surface area (Å²) in [4.78, 5) is 10.6. The molecule has 0 rings (SSSR count). The van der Waals surface area contributed by atoms with E-state index in [2.05, 4.69) is 18.7 Å². The van der Waals surface area contributed by atoms with Crippen LogP contribution in [0, 0.1) is 5.41 Å². The quantitative estimate of drug-likeness (QED) is 0.325. The molecule has 0 aliphatic carbocycles. The van der Waals surface area contributed by atoms with Crippen molar-refractivity contribution in [1.82, 2.24) is 0 Å². The number of carbonyl (C=O) groups excluding carboxylic acids is 1. The summed E-state index contributed by atoms with van der Waals surface area (Å²) in [7, 11) is 0. The van der Waals surface area contributed by atoms with Gasteiger partial charge in [0.05, 0.1) is 0 Å². The van der Waals surface area contributed by atoms with E-state index in [4.69, 9.17) is 0 Å². The average molecular weight is 194 g/mol. The monoisotopic (exact) mass is 194 g/mol. The molecule has 0 fully saturated rings. The van der Waals surface area contributed by atoms with Crippen molar-refractivity contribution in [3.63, 3.8) is 0 Å². The highest BCUT2D eigenvalue weighted by Crippen LogP contribution is 2.19. The number of hydrogen-bond acceptors (Lipinski definition) is 1. The maximum absolute atomic E-state index is 10.6. The number of carbonyl (C=O) groups is 1. The molecule has 14 heavy (non-hydrogen) atoms.